The second kappa shape index (κ2) is 5.66. The molecule has 0 heterocycles. The summed E-state index contributed by atoms with van der Waals surface area (Å²) in [4.78, 5) is 0. The maximum Gasteiger partial charge on any atom is 0.0504 e. The maximum atomic E-state index is 5.07. The van der Waals surface area contributed by atoms with Crippen molar-refractivity contribution in [2.45, 2.75) is 13.8 Å². The zero-order valence-electron chi connectivity index (χ0n) is 9.21. The molecule has 1 rings (SSSR count). The lowest BCUT2D eigenvalue weighted by molar-refractivity contribution is 0.164. The van der Waals surface area contributed by atoms with Gasteiger partial charge in [-0.25, -0.2) is 0 Å². The molecule has 2 heteroatoms. The topological polar surface area (TPSA) is 21.3 Å². The Hall–Kier alpha value is -1.02. The highest BCUT2D eigenvalue weighted by molar-refractivity contribution is 5.44. The molecule has 2 nitrogen and oxygen atoms in total. The zero-order valence-corrected chi connectivity index (χ0v) is 9.21. The summed E-state index contributed by atoms with van der Waals surface area (Å²) in [5, 5.41) is 3.38. The number of hydrogen-bond donors (Lipinski definition) is 1. The van der Waals surface area contributed by atoms with Crippen LogP contribution >= 0.6 is 0 Å². The van der Waals surface area contributed by atoms with Crippen LogP contribution in [0.2, 0.25) is 0 Å². The fourth-order valence-corrected chi connectivity index (χ4v) is 1.31. The van der Waals surface area contributed by atoms with Crippen LogP contribution < -0.4 is 5.32 Å². The minimum absolute atomic E-state index is 0.543. The Bertz CT molecular complexity index is 256. The van der Waals surface area contributed by atoms with E-state index in [1.54, 1.807) is 7.11 Å². The third kappa shape index (κ3) is 3.79. The summed E-state index contributed by atoms with van der Waals surface area (Å²) in [6.45, 7) is 6.03. The number of nitrogens with one attached hydrogen (secondary N) is 1. The van der Waals surface area contributed by atoms with Crippen molar-refractivity contribution in [1.29, 1.82) is 0 Å². The molecular formula is C12H19NO. The molecule has 0 bridgehead atoms. The van der Waals surface area contributed by atoms with E-state index in [9.17, 15) is 0 Å². The predicted octanol–water partition coefficient (Wildman–Crippen LogP) is 2.69. The number of ether oxygens (including phenoxy) is 1. The van der Waals surface area contributed by atoms with Gasteiger partial charge in [0.2, 0.25) is 0 Å². The minimum atomic E-state index is 0.543. The van der Waals surface area contributed by atoms with Gasteiger partial charge in [-0.1, -0.05) is 24.6 Å². The SMILES string of the molecule is COCC(C)CNc1ccc(C)cc1. The number of rotatable bonds is 5. The summed E-state index contributed by atoms with van der Waals surface area (Å²) in [6.07, 6.45) is 0. The van der Waals surface area contributed by atoms with Gasteiger partial charge in [-0.15, -0.1) is 0 Å². The van der Waals surface area contributed by atoms with Gasteiger partial charge in [0.05, 0.1) is 6.61 Å². The van der Waals surface area contributed by atoms with Crippen LogP contribution in [0.4, 0.5) is 5.69 Å². The van der Waals surface area contributed by atoms with Gasteiger partial charge in [-0.05, 0) is 25.0 Å². The molecule has 1 unspecified atom stereocenters. The van der Waals surface area contributed by atoms with Gasteiger partial charge in [0.1, 0.15) is 0 Å². The molecule has 1 aromatic carbocycles. The maximum absolute atomic E-state index is 5.07. The third-order valence-corrected chi connectivity index (χ3v) is 2.16. The summed E-state index contributed by atoms with van der Waals surface area (Å²) in [6, 6.07) is 8.44. The van der Waals surface area contributed by atoms with Gasteiger partial charge in [0.15, 0.2) is 0 Å². The molecule has 0 fully saturated rings. The highest BCUT2D eigenvalue weighted by Crippen LogP contribution is 2.09. The van der Waals surface area contributed by atoms with E-state index in [-0.39, 0.29) is 0 Å². The number of benzene rings is 1. The first kappa shape index (κ1) is 11.1. The Morgan fingerprint density at radius 3 is 2.50 bits per heavy atom. The predicted molar refractivity (Wildman–Crippen MR) is 60.7 cm³/mol. The molecule has 14 heavy (non-hydrogen) atoms. The summed E-state index contributed by atoms with van der Waals surface area (Å²) in [7, 11) is 1.74. The van der Waals surface area contributed by atoms with Crippen LogP contribution in [0.1, 0.15) is 12.5 Å². The largest absolute Gasteiger partial charge is 0.385 e. The van der Waals surface area contributed by atoms with Crippen LogP contribution in [-0.2, 0) is 4.74 Å². The lowest BCUT2D eigenvalue weighted by Crippen LogP contribution is -2.15. The fraction of sp³-hybridized carbons (Fsp3) is 0.500. The molecular weight excluding hydrogens is 174 g/mol. The smallest absolute Gasteiger partial charge is 0.0504 e. The molecule has 0 aliphatic heterocycles. The molecule has 0 aromatic heterocycles. The molecule has 0 spiro atoms. The Labute approximate surface area is 86.3 Å². The summed E-state index contributed by atoms with van der Waals surface area (Å²) in [5.41, 5.74) is 2.47. The van der Waals surface area contributed by atoms with Crippen LogP contribution in [0, 0.1) is 12.8 Å². The zero-order chi connectivity index (χ0) is 10.4. The molecule has 1 aromatic rings. The molecule has 0 saturated carbocycles. The van der Waals surface area contributed by atoms with Crippen molar-refractivity contribution in [3.63, 3.8) is 0 Å². The van der Waals surface area contributed by atoms with E-state index < -0.39 is 0 Å². The number of anilines is 1. The molecule has 0 aliphatic carbocycles. The minimum Gasteiger partial charge on any atom is -0.385 e. The van der Waals surface area contributed by atoms with Gasteiger partial charge < -0.3 is 10.1 Å². The molecule has 0 saturated heterocycles. The van der Waals surface area contributed by atoms with E-state index >= 15 is 0 Å². The van der Waals surface area contributed by atoms with Crippen molar-refractivity contribution in [3.8, 4) is 0 Å². The Morgan fingerprint density at radius 1 is 1.29 bits per heavy atom. The summed E-state index contributed by atoms with van der Waals surface area (Å²) in [5.74, 6) is 0.543. The van der Waals surface area contributed by atoms with Crippen molar-refractivity contribution >= 4 is 5.69 Å². The van der Waals surface area contributed by atoms with Crippen LogP contribution in [-0.4, -0.2) is 20.3 Å². The van der Waals surface area contributed by atoms with Crippen LogP contribution in [0.3, 0.4) is 0 Å². The Balaban J connectivity index is 2.34. The lowest BCUT2D eigenvalue weighted by Gasteiger charge is -2.12. The second-order valence-corrected chi connectivity index (χ2v) is 3.81. The summed E-state index contributed by atoms with van der Waals surface area (Å²) >= 11 is 0. The molecule has 0 aliphatic rings. The van der Waals surface area contributed by atoms with E-state index in [1.165, 1.54) is 11.3 Å². The highest BCUT2D eigenvalue weighted by atomic mass is 16.5. The van der Waals surface area contributed by atoms with Crippen molar-refractivity contribution in [3.05, 3.63) is 29.8 Å². The van der Waals surface area contributed by atoms with Crippen molar-refractivity contribution in [1.82, 2.24) is 0 Å². The number of methoxy groups -OCH3 is 1. The van der Waals surface area contributed by atoms with Gasteiger partial charge in [-0.3, -0.25) is 0 Å². The molecule has 0 amide bonds. The molecule has 1 N–H and O–H groups in total. The van der Waals surface area contributed by atoms with Crippen molar-refractivity contribution in [2.75, 3.05) is 25.6 Å². The lowest BCUT2D eigenvalue weighted by atomic mass is 10.2. The molecule has 78 valence electrons. The standard InChI is InChI=1S/C12H19NO/c1-10-4-6-12(7-5-10)13-8-11(2)9-14-3/h4-7,11,13H,8-9H2,1-3H3. The van der Waals surface area contributed by atoms with E-state index in [0.29, 0.717) is 5.92 Å². The number of hydrogen-bond acceptors (Lipinski definition) is 2. The molecule has 0 radical (unpaired) electrons. The summed E-state index contributed by atoms with van der Waals surface area (Å²) < 4.78 is 5.07. The van der Waals surface area contributed by atoms with E-state index in [2.05, 4.69) is 43.4 Å². The first-order valence-electron chi connectivity index (χ1n) is 5.02. The highest BCUT2D eigenvalue weighted by Gasteiger charge is 2.00. The first-order chi connectivity index (χ1) is 6.72. The van der Waals surface area contributed by atoms with Crippen molar-refractivity contribution in [2.24, 2.45) is 5.92 Å². The van der Waals surface area contributed by atoms with Crippen LogP contribution in [0.5, 0.6) is 0 Å². The fourth-order valence-electron chi connectivity index (χ4n) is 1.31. The van der Waals surface area contributed by atoms with Crippen molar-refractivity contribution < 1.29 is 4.74 Å². The first-order valence-corrected chi connectivity index (χ1v) is 5.02. The Kier molecular flexibility index (Phi) is 4.47. The number of aryl methyl sites for hydroxylation is 1. The van der Waals surface area contributed by atoms with E-state index in [0.717, 1.165) is 13.2 Å². The quantitative estimate of drug-likeness (QED) is 0.776. The average molecular weight is 193 g/mol. The second-order valence-electron chi connectivity index (χ2n) is 3.81. The van der Waals surface area contributed by atoms with Crippen LogP contribution in [0.25, 0.3) is 0 Å². The van der Waals surface area contributed by atoms with Gasteiger partial charge in [0, 0.05) is 19.3 Å². The Morgan fingerprint density at radius 2 is 1.93 bits per heavy atom. The van der Waals surface area contributed by atoms with Crippen LogP contribution in [0.15, 0.2) is 24.3 Å². The van der Waals surface area contributed by atoms with Gasteiger partial charge in [-0.2, -0.15) is 0 Å². The van der Waals surface area contributed by atoms with Gasteiger partial charge in [0.25, 0.3) is 0 Å². The third-order valence-electron chi connectivity index (χ3n) is 2.16. The van der Waals surface area contributed by atoms with E-state index in [4.69, 9.17) is 4.74 Å². The van der Waals surface area contributed by atoms with Gasteiger partial charge >= 0.3 is 0 Å². The molecule has 1 atom stereocenters. The van der Waals surface area contributed by atoms with E-state index in [1.807, 2.05) is 0 Å². The normalized spacial score (nSPS) is 12.5. The monoisotopic (exact) mass is 193 g/mol. The average Bonchev–Trinajstić information content (AvgIpc) is 2.17.